The molecule has 0 aromatic heterocycles. The molecule has 0 radical (unpaired) electrons. The molecule has 1 nitrogen and oxygen atoms in total. The lowest BCUT2D eigenvalue weighted by molar-refractivity contribution is 0.103. The van der Waals surface area contributed by atoms with E-state index in [1.807, 2.05) is 18.2 Å². The first-order valence-electron chi connectivity index (χ1n) is 4.83. The third-order valence-corrected chi connectivity index (χ3v) is 3.50. The summed E-state index contributed by atoms with van der Waals surface area (Å²) in [5.74, 6) is -0.115. The Balaban J connectivity index is 2.47. The van der Waals surface area contributed by atoms with Gasteiger partial charge in [-0.15, -0.1) is 0 Å². The molecular weight excluding hydrogens is 370 g/mol. The van der Waals surface area contributed by atoms with Crippen molar-refractivity contribution in [3.63, 3.8) is 0 Å². The minimum absolute atomic E-state index is 0.115. The Kier molecular flexibility index (Phi) is 4.07. The van der Waals surface area contributed by atoms with Gasteiger partial charge in [-0.25, -0.2) is 0 Å². The van der Waals surface area contributed by atoms with Gasteiger partial charge in [-0.05, 0) is 52.9 Å². The second-order valence-electron chi connectivity index (χ2n) is 3.46. The van der Waals surface area contributed by atoms with Crippen LogP contribution in [0.5, 0.6) is 0 Å². The monoisotopic (exact) mass is 376 g/mol. The Bertz CT molecular complexity index is 581. The minimum atomic E-state index is -0.115. The number of carbonyl (C=O) groups is 1. The van der Waals surface area contributed by atoms with E-state index in [0.29, 0.717) is 21.2 Å². The summed E-state index contributed by atoms with van der Waals surface area (Å²) in [5.41, 5.74) is 1.04. The third-order valence-electron chi connectivity index (χ3n) is 2.26. The second-order valence-corrected chi connectivity index (χ2v) is 5.55. The summed E-state index contributed by atoms with van der Waals surface area (Å²) in [6, 6.07) is 12.2. The molecule has 0 unspecified atom stereocenters. The van der Waals surface area contributed by atoms with Crippen LogP contribution in [0.25, 0.3) is 0 Å². The topological polar surface area (TPSA) is 17.1 Å². The van der Waals surface area contributed by atoms with E-state index >= 15 is 0 Å². The van der Waals surface area contributed by atoms with E-state index in [0.717, 1.165) is 3.57 Å². The molecule has 4 heteroatoms. The highest BCUT2D eigenvalue weighted by molar-refractivity contribution is 14.1. The van der Waals surface area contributed by atoms with Crippen LogP contribution < -0.4 is 0 Å². The number of rotatable bonds is 2. The van der Waals surface area contributed by atoms with Crippen LogP contribution in [0.1, 0.15) is 15.9 Å². The standard InChI is InChI=1S/C13H7Cl2IO/c14-9-4-5-12(15)11(7-9)13(17)8-2-1-3-10(16)6-8/h1-7H. The van der Waals surface area contributed by atoms with E-state index < -0.39 is 0 Å². The molecule has 0 aliphatic carbocycles. The van der Waals surface area contributed by atoms with Gasteiger partial charge in [0, 0.05) is 19.7 Å². The van der Waals surface area contributed by atoms with Gasteiger partial charge in [0.15, 0.2) is 5.78 Å². The molecule has 0 aliphatic heterocycles. The van der Waals surface area contributed by atoms with Crippen molar-refractivity contribution >= 4 is 51.6 Å². The SMILES string of the molecule is O=C(c1cccc(I)c1)c1cc(Cl)ccc1Cl. The molecule has 2 aromatic rings. The molecule has 0 N–H and O–H groups in total. The summed E-state index contributed by atoms with van der Waals surface area (Å²) in [5, 5.41) is 0.918. The first kappa shape index (κ1) is 12.9. The van der Waals surface area contributed by atoms with Gasteiger partial charge in [0.25, 0.3) is 0 Å². The van der Waals surface area contributed by atoms with Crippen LogP contribution in [0.15, 0.2) is 42.5 Å². The van der Waals surface area contributed by atoms with Gasteiger partial charge < -0.3 is 0 Å². The van der Waals surface area contributed by atoms with Crippen LogP contribution in [0, 0.1) is 3.57 Å². The lowest BCUT2D eigenvalue weighted by atomic mass is 10.0. The van der Waals surface area contributed by atoms with Crippen molar-refractivity contribution in [2.75, 3.05) is 0 Å². The molecule has 0 saturated heterocycles. The Morgan fingerprint density at radius 2 is 1.82 bits per heavy atom. The highest BCUT2D eigenvalue weighted by Crippen LogP contribution is 2.23. The molecule has 0 saturated carbocycles. The number of hydrogen-bond acceptors (Lipinski definition) is 1. The van der Waals surface area contributed by atoms with E-state index in [1.165, 1.54) is 0 Å². The van der Waals surface area contributed by atoms with Crippen molar-refractivity contribution in [3.05, 3.63) is 67.2 Å². The van der Waals surface area contributed by atoms with Crippen LogP contribution >= 0.6 is 45.8 Å². The molecule has 86 valence electrons. The number of hydrogen-bond donors (Lipinski definition) is 0. The fraction of sp³-hybridized carbons (Fsp3) is 0. The number of carbonyl (C=O) groups excluding carboxylic acids is 1. The largest absolute Gasteiger partial charge is 0.289 e. The zero-order valence-electron chi connectivity index (χ0n) is 8.58. The third kappa shape index (κ3) is 3.00. The maximum atomic E-state index is 12.2. The van der Waals surface area contributed by atoms with Crippen LogP contribution in [0.3, 0.4) is 0 Å². The second kappa shape index (κ2) is 5.38. The van der Waals surface area contributed by atoms with Crippen LogP contribution in [-0.2, 0) is 0 Å². The van der Waals surface area contributed by atoms with Crippen molar-refractivity contribution in [1.82, 2.24) is 0 Å². The predicted molar refractivity (Wildman–Crippen MR) is 79.1 cm³/mol. The maximum Gasteiger partial charge on any atom is 0.194 e. The van der Waals surface area contributed by atoms with E-state index in [-0.39, 0.29) is 5.78 Å². The Morgan fingerprint density at radius 1 is 1.06 bits per heavy atom. The summed E-state index contributed by atoms with van der Waals surface area (Å²) in [6.45, 7) is 0. The van der Waals surface area contributed by atoms with E-state index in [2.05, 4.69) is 22.6 Å². The smallest absolute Gasteiger partial charge is 0.194 e. The molecule has 0 spiro atoms. The molecule has 0 aliphatic rings. The van der Waals surface area contributed by atoms with Crippen molar-refractivity contribution in [3.8, 4) is 0 Å². The van der Waals surface area contributed by atoms with E-state index in [4.69, 9.17) is 23.2 Å². The van der Waals surface area contributed by atoms with E-state index in [1.54, 1.807) is 24.3 Å². The normalized spacial score (nSPS) is 10.3. The van der Waals surface area contributed by atoms with Crippen molar-refractivity contribution in [2.45, 2.75) is 0 Å². The molecule has 0 fully saturated rings. The molecule has 0 heterocycles. The summed E-state index contributed by atoms with van der Waals surface area (Å²) in [4.78, 5) is 12.2. The first-order chi connectivity index (χ1) is 8.08. The summed E-state index contributed by atoms with van der Waals surface area (Å²) < 4.78 is 1.01. The van der Waals surface area contributed by atoms with Gasteiger partial charge in [-0.1, -0.05) is 35.3 Å². The highest BCUT2D eigenvalue weighted by Gasteiger charge is 2.13. The van der Waals surface area contributed by atoms with Crippen molar-refractivity contribution in [1.29, 1.82) is 0 Å². The predicted octanol–water partition coefficient (Wildman–Crippen LogP) is 4.83. The van der Waals surface area contributed by atoms with Gasteiger partial charge in [-0.3, -0.25) is 4.79 Å². The van der Waals surface area contributed by atoms with Crippen LogP contribution in [0.2, 0.25) is 10.0 Å². The molecule has 17 heavy (non-hydrogen) atoms. The lowest BCUT2D eigenvalue weighted by Crippen LogP contribution is -2.02. The minimum Gasteiger partial charge on any atom is -0.289 e. The molecular formula is C13H7Cl2IO. The quantitative estimate of drug-likeness (QED) is 0.542. The van der Waals surface area contributed by atoms with Gasteiger partial charge in [0.05, 0.1) is 5.02 Å². The van der Waals surface area contributed by atoms with Gasteiger partial charge in [0.1, 0.15) is 0 Å². The highest BCUT2D eigenvalue weighted by atomic mass is 127. The average molecular weight is 377 g/mol. The Morgan fingerprint density at radius 3 is 2.53 bits per heavy atom. The molecule has 2 rings (SSSR count). The zero-order chi connectivity index (χ0) is 12.4. The van der Waals surface area contributed by atoms with Gasteiger partial charge >= 0.3 is 0 Å². The summed E-state index contributed by atoms with van der Waals surface area (Å²) >= 11 is 14.0. The van der Waals surface area contributed by atoms with E-state index in [9.17, 15) is 4.79 Å². The fourth-order valence-electron chi connectivity index (χ4n) is 1.46. The van der Waals surface area contributed by atoms with Gasteiger partial charge in [0.2, 0.25) is 0 Å². The Hall–Kier alpha value is -0.580. The number of halogens is 3. The molecule has 0 atom stereocenters. The van der Waals surface area contributed by atoms with Crippen molar-refractivity contribution < 1.29 is 4.79 Å². The number of benzene rings is 2. The molecule has 0 bridgehead atoms. The average Bonchev–Trinajstić information content (AvgIpc) is 2.31. The Labute approximate surface area is 123 Å². The van der Waals surface area contributed by atoms with Gasteiger partial charge in [-0.2, -0.15) is 0 Å². The number of ketones is 1. The molecule has 2 aromatic carbocycles. The summed E-state index contributed by atoms with van der Waals surface area (Å²) in [6.07, 6.45) is 0. The summed E-state index contributed by atoms with van der Waals surface area (Å²) in [7, 11) is 0. The van der Waals surface area contributed by atoms with Crippen molar-refractivity contribution in [2.24, 2.45) is 0 Å². The zero-order valence-corrected chi connectivity index (χ0v) is 12.3. The van der Waals surface area contributed by atoms with Crippen LogP contribution in [-0.4, -0.2) is 5.78 Å². The first-order valence-corrected chi connectivity index (χ1v) is 6.67. The maximum absolute atomic E-state index is 12.2. The molecule has 0 amide bonds. The lowest BCUT2D eigenvalue weighted by Gasteiger charge is -2.04. The van der Waals surface area contributed by atoms with Crippen LogP contribution in [0.4, 0.5) is 0 Å². The fourth-order valence-corrected chi connectivity index (χ4v) is 2.38.